The molecule has 0 saturated carbocycles. The first kappa shape index (κ1) is 20.0. The molecular weight excluding hydrogens is 378 g/mol. The minimum Gasteiger partial charge on any atom is -0.479 e. The monoisotopic (exact) mass is 400 g/mol. The van der Waals surface area contributed by atoms with Crippen LogP contribution in [0.5, 0.6) is 5.75 Å². The summed E-state index contributed by atoms with van der Waals surface area (Å²) in [5.41, 5.74) is 0.506. The Bertz CT molecular complexity index is 773. The highest BCUT2D eigenvalue weighted by Gasteiger charge is 2.48. The lowest BCUT2D eigenvalue weighted by Crippen LogP contribution is -2.61. The number of aliphatic carboxylic acids is 1. The highest BCUT2D eigenvalue weighted by Crippen LogP contribution is 2.31. The average Bonchev–Trinajstić information content (AvgIpc) is 2.67. The van der Waals surface area contributed by atoms with E-state index in [2.05, 4.69) is 10.1 Å². The van der Waals surface area contributed by atoms with Crippen molar-refractivity contribution in [2.45, 2.75) is 50.7 Å². The van der Waals surface area contributed by atoms with Gasteiger partial charge in [0.15, 0.2) is 7.47 Å². The van der Waals surface area contributed by atoms with Crippen LogP contribution in [0.4, 0.5) is 5.69 Å². The van der Waals surface area contributed by atoms with Gasteiger partial charge in [-0.05, 0) is 17.7 Å². The maximum atomic E-state index is 11.8. The first-order valence-electron chi connectivity index (χ1n) is 8.79. The number of hydrogen-bond acceptors (Lipinski definition) is 9. The summed E-state index contributed by atoms with van der Waals surface area (Å²) in [6.45, 7) is 1.36. The Kier molecular flexibility index (Phi) is 6.76. The van der Waals surface area contributed by atoms with Gasteiger partial charge < -0.3 is 40.0 Å². The number of benzene rings is 1. The van der Waals surface area contributed by atoms with E-state index < -0.39 is 49.0 Å². The van der Waals surface area contributed by atoms with Crippen LogP contribution in [0.2, 0.25) is 0 Å². The molecule has 2 rings (SSSR count). The summed E-state index contributed by atoms with van der Waals surface area (Å²) in [6, 6.07) is 4.16. The molecule has 1 aromatic carbocycles. The molecule has 0 aliphatic carbocycles. The van der Waals surface area contributed by atoms with Crippen LogP contribution < -0.4 is 10.1 Å². The summed E-state index contributed by atoms with van der Waals surface area (Å²) in [5, 5.41) is 41.3. The third kappa shape index (κ3) is 4.95. The largest absolute Gasteiger partial charge is 0.479 e. The van der Waals surface area contributed by atoms with Crippen LogP contribution in [0.25, 0.3) is 0 Å². The minimum absolute atomic E-state index is 0.0375. The molecule has 2 unspecified atom stereocenters. The molecule has 0 spiro atoms. The highest BCUT2D eigenvalue weighted by atomic mass is 16.7. The van der Waals surface area contributed by atoms with Gasteiger partial charge in [0.05, 0.1) is 5.69 Å². The summed E-state index contributed by atoms with van der Waals surface area (Å²) in [7, 11) is 0. The smallest absolute Gasteiger partial charge is 0.335 e. The number of aliphatic hydroxyl groups excluding tert-OH is 3. The third-order valence-electron chi connectivity index (χ3n) is 3.99. The first-order chi connectivity index (χ1) is 13.6. The summed E-state index contributed by atoms with van der Waals surface area (Å²) in [5.74, 6) is -2.00. The van der Waals surface area contributed by atoms with E-state index in [9.17, 15) is 29.7 Å². The van der Waals surface area contributed by atoms with Gasteiger partial charge in [-0.15, -0.1) is 0 Å². The van der Waals surface area contributed by atoms with Crippen molar-refractivity contribution < 1.29 is 50.4 Å². The Balaban J connectivity index is 2.28. The molecule has 28 heavy (non-hydrogen) atoms. The molecule has 5 N–H and O–H groups in total. The molecular formula is C17H21NO10. The van der Waals surface area contributed by atoms with Gasteiger partial charge in [-0.3, -0.25) is 9.59 Å². The minimum atomic E-state index is -1.87. The summed E-state index contributed by atoms with van der Waals surface area (Å²) in [6.07, 6.45) is -10.1. The number of hydrogen-bond donors (Lipinski definition) is 5. The molecule has 0 radical (unpaired) electrons. The molecule has 1 heterocycles. The normalized spacial score (nSPS) is 27.4. The molecule has 0 bridgehead atoms. The number of nitrogens with one attached hydrogen (secondary N) is 1. The van der Waals surface area contributed by atoms with Crippen molar-refractivity contribution in [3.05, 3.63) is 23.8 Å². The van der Waals surface area contributed by atoms with Crippen LogP contribution in [0.15, 0.2) is 18.2 Å². The number of aliphatic hydroxyl groups is 3. The summed E-state index contributed by atoms with van der Waals surface area (Å²) in [4.78, 5) is 33.6. The third-order valence-corrected chi connectivity index (χ3v) is 3.99. The van der Waals surface area contributed by atoms with Crippen LogP contribution in [0, 0.1) is 0 Å². The molecule has 11 heteroatoms. The van der Waals surface area contributed by atoms with E-state index in [1.165, 1.54) is 18.2 Å². The van der Waals surface area contributed by atoms with Gasteiger partial charge in [0, 0.05) is 6.42 Å². The second kappa shape index (κ2) is 9.46. The molecule has 1 fully saturated rings. The number of carboxylic acid groups (broad SMARTS) is 1. The van der Waals surface area contributed by atoms with Crippen molar-refractivity contribution in [2.75, 3.05) is 5.32 Å². The average molecular weight is 400 g/mol. The van der Waals surface area contributed by atoms with E-state index >= 15 is 0 Å². The maximum Gasteiger partial charge on any atom is 0.335 e. The van der Waals surface area contributed by atoms with Crippen molar-refractivity contribution in [1.29, 1.82) is 0 Å². The second-order valence-corrected chi connectivity index (χ2v) is 5.96. The standard InChI is InChI=1S/C17H21NO10/c1-2-11(20)18-9-5-8(6-26-7-19)3-4-10(9)27-17-14(23)12(21)13(22)15(28-17)16(24)25/h3-5,7,12-15,17,21-23H,2,6H2,1H3,(H,18,20)(H,24,25)/t12?,13-,14-,15?,17+/m0/s1/i7D. The quantitative estimate of drug-likeness (QED) is 0.357. The molecule has 1 aliphatic heterocycles. The number of carbonyl (C=O) groups is 3. The Labute approximate surface area is 160 Å². The fourth-order valence-corrected chi connectivity index (χ4v) is 2.49. The van der Waals surface area contributed by atoms with E-state index in [4.69, 9.17) is 16.0 Å². The van der Waals surface area contributed by atoms with Crippen LogP contribution in [0.3, 0.4) is 0 Å². The predicted molar refractivity (Wildman–Crippen MR) is 91.2 cm³/mol. The van der Waals surface area contributed by atoms with Crippen LogP contribution in [-0.2, 0) is 30.5 Å². The first-order valence-corrected chi connectivity index (χ1v) is 8.29. The van der Waals surface area contributed by atoms with Gasteiger partial charge in [0.1, 0.15) is 30.7 Å². The number of rotatable bonds is 7. The number of carbonyl (C=O) groups excluding carboxylic acids is 2. The molecule has 5 atom stereocenters. The van der Waals surface area contributed by atoms with Crippen LogP contribution in [0.1, 0.15) is 20.3 Å². The number of amides is 1. The van der Waals surface area contributed by atoms with E-state index in [1.807, 2.05) is 0 Å². The van der Waals surface area contributed by atoms with Crippen LogP contribution >= 0.6 is 0 Å². The zero-order chi connectivity index (χ0) is 21.7. The number of carboxylic acids is 1. The molecule has 1 aromatic rings. The zero-order valence-corrected chi connectivity index (χ0v) is 14.8. The Morgan fingerprint density at radius 2 is 2.00 bits per heavy atom. The van der Waals surface area contributed by atoms with E-state index in [1.54, 1.807) is 6.92 Å². The molecule has 0 aromatic heterocycles. The SMILES string of the molecule is [2H]C(=O)OCc1ccc(O[C@@H]2OC(C(=O)O)[C@@H](O)C(O)[C@@H]2O)c(NC(=O)CC)c1. The van der Waals surface area contributed by atoms with Gasteiger partial charge >= 0.3 is 5.97 Å². The number of anilines is 1. The number of ether oxygens (including phenoxy) is 3. The molecule has 154 valence electrons. The van der Waals surface area contributed by atoms with Gasteiger partial charge in [-0.2, -0.15) is 0 Å². The van der Waals surface area contributed by atoms with Crippen molar-refractivity contribution in [1.82, 2.24) is 0 Å². The van der Waals surface area contributed by atoms with E-state index in [-0.39, 0.29) is 24.5 Å². The van der Waals surface area contributed by atoms with Gasteiger partial charge in [0.25, 0.3) is 6.45 Å². The van der Waals surface area contributed by atoms with Gasteiger partial charge in [-0.25, -0.2) is 4.79 Å². The summed E-state index contributed by atoms with van der Waals surface area (Å²) < 4.78 is 21.8. The Morgan fingerprint density at radius 3 is 2.61 bits per heavy atom. The Morgan fingerprint density at radius 1 is 1.29 bits per heavy atom. The lowest BCUT2D eigenvalue weighted by Gasteiger charge is -2.38. The zero-order valence-electron chi connectivity index (χ0n) is 15.8. The maximum absolute atomic E-state index is 11.8. The van der Waals surface area contributed by atoms with Crippen molar-refractivity contribution in [3.63, 3.8) is 0 Å². The second-order valence-electron chi connectivity index (χ2n) is 5.96. The van der Waals surface area contributed by atoms with E-state index in [0.29, 0.717) is 5.56 Å². The van der Waals surface area contributed by atoms with Crippen LogP contribution in [-0.4, -0.2) is 69.5 Å². The van der Waals surface area contributed by atoms with Gasteiger partial charge in [-0.1, -0.05) is 13.0 Å². The lowest BCUT2D eigenvalue weighted by molar-refractivity contribution is -0.271. The molecule has 1 saturated heterocycles. The summed E-state index contributed by atoms with van der Waals surface area (Å²) >= 11 is 0. The molecule has 1 aliphatic rings. The topological polar surface area (TPSA) is 172 Å². The fourth-order valence-electron chi connectivity index (χ4n) is 2.49. The van der Waals surface area contributed by atoms with E-state index in [0.717, 1.165) is 0 Å². The lowest BCUT2D eigenvalue weighted by atomic mass is 9.99. The van der Waals surface area contributed by atoms with Crippen molar-refractivity contribution in [2.24, 2.45) is 0 Å². The van der Waals surface area contributed by atoms with Crippen molar-refractivity contribution >= 4 is 24.0 Å². The van der Waals surface area contributed by atoms with Crippen molar-refractivity contribution in [3.8, 4) is 5.75 Å². The van der Waals surface area contributed by atoms with Gasteiger partial charge in [0.2, 0.25) is 12.2 Å². The highest BCUT2D eigenvalue weighted by molar-refractivity contribution is 5.92. The predicted octanol–water partition coefficient (Wildman–Crippen LogP) is -1.02. The fraction of sp³-hybridized carbons (Fsp3) is 0.471. The molecule has 1 amide bonds. The molecule has 11 nitrogen and oxygen atoms in total. The Hall–Kier alpha value is -2.73.